The Bertz CT molecular complexity index is 877. The zero-order valence-corrected chi connectivity index (χ0v) is 20.5. The summed E-state index contributed by atoms with van der Waals surface area (Å²) in [6.07, 6.45) is 2.05. The van der Waals surface area contributed by atoms with Crippen molar-refractivity contribution in [3.8, 4) is 5.75 Å². The van der Waals surface area contributed by atoms with Gasteiger partial charge in [-0.3, -0.25) is 14.4 Å². The van der Waals surface area contributed by atoms with Gasteiger partial charge in [0.05, 0.1) is 24.1 Å². The summed E-state index contributed by atoms with van der Waals surface area (Å²) in [4.78, 5) is 41.2. The third kappa shape index (κ3) is 6.91. The lowest BCUT2D eigenvalue weighted by Gasteiger charge is -2.42. The normalized spacial score (nSPS) is 22.2. The maximum Gasteiger partial charge on any atom is 0.257 e. The maximum atomic E-state index is 13.2. The minimum absolute atomic E-state index is 0.0215. The third-order valence-electron chi connectivity index (χ3n) is 6.09. The van der Waals surface area contributed by atoms with E-state index in [0.717, 1.165) is 13.0 Å². The van der Waals surface area contributed by atoms with E-state index in [1.807, 2.05) is 14.1 Å². The van der Waals surface area contributed by atoms with Crippen molar-refractivity contribution in [2.45, 2.75) is 43.9 Å². The predicted octanol–water partition coefficient (Wildman–Crippen LogP) is 1.11. The number of nitrogens with one attached hydrogen (secondary N) is 2. The Morgan fingerprint density at radius 2 is 2.03 bits per heavy atom. The molecule has 10 nitrogen and oxygen atoms in total. The van der Waals surface area contributed by atoms with Crippen LogP contribution in [0.25, 0.3) is 0 Å². The molecule has 188 valence electrons. The van der Waals surface area contributed by atoms with E-state index in [-0.39, 0.29) is 49.2 Å². The molecule has 2 N–H and O–H groups in total. The van der Waals surface area contributed by atoms with Crippen LogP contribution in [0, 0.1) is 0 Å². The molecule has 0 spiro atoms. The fraction of sp³-hybridized carbons (Fsp3) is 0.625. The average Bonchev–Trinajstić information content (AvgIpc) is 2.79. The molecule has 0 aromatic heterocycles. The number of methoxy groups -OCH3 is 1. The van der Waals surface area contributed by atoms with Gasteiger partial charge >= 0.3 is 0 Å². The molecular weight excluding hydrogens is 440 g/mol. The van der Waals surface area contributed by atoms with E-state index >= 15 is 0 Å². The molecule has 1 aromatic rings. The van der Waals surface area contributed by atoms with Crippen LogP contribution >= 0.6 is 0 Å². The molecular formula is C24H36N4O6. The molecule has 0 aliphatic carbocycles. The molecule has 0 radical (unpaired) electrons. The fourth-order valence-electron chi connectivity index (χ4n) is 4.34. The van der Waals surface area contributed by atoms with Crippen LogP contribution in [0.3, 0.4) is 0 Å². The lowest BCUT2D eigenvalue weighted by atomic mass is 9.94. The number of ether oxygens (including phenoxy) is 3. The second-order valence-electron chi connectivity index (χ2n) is 9.07. The Balaban J connectivity index is 1.61. The lowest BCUT2D eigenvalue weighted by molar-refractivity contribution is -0.134. The molecule has 1 saturated heterocycles. The van der Waals surface area contributed by atoms with Crippen LogP contribution in [0.5, 0.6) is 5.75 Å². The number of fused-ring (bicyclic) bond motifs is 2. The number of rotatable bonds is 9. The number of amides is 3. The van der Waals surface area contributed by atoms with E-state index in [0.29, 0.717) is 42.8 Å². The SMILES string of the molecule is COCC(=O)Nc1ccc2c(c1)C(=O)N(C)[C@H]1CC[C@@H](CC(=O)NCCCN(C)C)O[C@@H]1CO2. The van der Waals surface area contributed by atoms with Gasteiger partial charge in [0.15, 0.2) is 0 Å². The van der Waals surface area contributed by atoms with Crippen molar-refractivity contribution in [3.63, 3.8) is 0 Å². The van der Waals surface area contributed by atoms with Gasteiger partial charge in [0.25, 0.3) is 5.91 Å². The summed E-state index contributed by atoms with van der Waals surface area (Å²) in [6, 6.07) is 4.82. The van der Waals surface area contributed by atoms with E-state index in [1.165, 1.54) is 7.11 Å². The smallest absolute Gasteiger partial charge is 0.257 e. The van der Waals surface area contributed by atoms with Gasteiger partial charge in [-0.25, -0.2) is 0 Å². The van der Waals surface area contributed by atoms with Gasteiger partial charge in [0.1, 0.15) is 25.1 Å². The van der Waals surface area contributed by atoms with Gasteiger partial charge in [0, 0.05) is 26.4 Å². The van der Waals surface area contributed by atoms with Crippen molar-refractivity contribution in [3.05, 3.63) is 23.8 Å². The summed E-state index contributed by atoms with van der Waals surface area (Å²) in [6.45, 7) is 1.76. The molecule has 2 heterocycles. The highest BCUT2D eigenvalue weighted by molar-refractivity contribution is 6.00. The zero-order valence-electron chi connectivity index (χ0n) is 20.5. The average molecular weight is 477 g/mol. The van der Waals surface area contributed by atoms with Crippen LogP contribution in [0.15, 0.2) is 18.2 Å². The van der Waals surface area contributed by atoms with E-state index in [9.17, 15) is 14.4 Å². The Labute approximate surface area is 200 Å². The summed E-state index contributed by atoms with van der Waals surface area (Å²) in [5.74, 6) is -0.0899. The number of hydrogen-bond donors (Lipinski definition) is 2. The highest BCUT2D eigenvalue weighted by Crippen LogP contribution is 2.32. The van der Waals surface area contributed by atoms with Gasteiger partial charge in [-0.1, -0.05) is 0 Å². The highest BCUT2D eigenvalue weighted by Gasteiger charge is 2.39. The summed E-state index contributed by atoms with van der Waals surface area (Å²) in [5, 5.41) is 5.67. The van der Waals surface area contributed by atoms with Crippen LogP contribution in [0.1, 0.15) is 36.0 Å². The topological polar surface area (TPSA) is 109 Å². The van der Waals surface area contributed by atoms with Crippen molar-refractivity contribution in [1.82, 2.24) is 15.1 Å². The lowest BCUT2D eigenvalue weighted by Crippen LogP contribution is -2.54. The van der Waals surface area contributed by atoms with E-state index < -0.39 is 0 Å². The van der Waals surface area contributed by atoms with Gasteiger partial charge in [-0.15, -0.1) is 0 Å². The maximum absolute atomic E-state index is 13.2. The molecule has 34 heavy (non-hydrogen) atoms. The number of anilines is 1. The number of likely N-dealkylation sites (N-methyl/N-ethyl adjacent to an activating group) is 1. The van der Waals surface area contributed by atoms with Crippen LogP contribution in [0.2, 0.25) is 0 Å². The van der Waals surface area contributed by atoms with E-state index in [4.69, 9.17) is 14.2 Å². The second kappa shape index (κ2) is 12.1. The molecule has 0 bridgehead atoms. The van der Waals surface area contributed by atoms with Crippen molar-refractivity contribution >= 4 is 23.4 Å². The first kappa shape index (κ1) is 25.9. The molecule has 3 rings (SSSR count). The molecule has 1 fully saturated rings. The van der Waals surface area contributed by atoms with E-state index in [2.05, 4.69) is 15.5 Å². The van der Waals surface area contributed by atoms with Crippen LogP contribution in [0.4, 0.5) is 5.69 Å². The highest BCUT2D eigenvalue weighted by atomic mass is 16.5. The first-order valence-electron chi connectivity index (χ1n) is 11.7. The summed E-state index contributed by atoms with van der Waals surface area (Å²) >= 11 is 0. The van der Waals surface area contributed by atoms with Crippen molar-refractivity contribution in [2.24, 2.45) is 0 Å². The zero-order chi connectivity index (χ0) is 24.7. The van der Waals surface area contributed by atoms with Crippen molar-refractivity contribution in [1.29, 1.82) is 0 Å². The van der Waals surface area contributed by atoms with Gasteiger partial charge in [-0.2, -0.15) is 0 Å². The molecule has 0 unspecified atom stereocenters. The summed E-state index contributed by atoms with van der Waals surface area (Å²) in [5.41, 5.74) is 0.884. The van der Waals surface area contributed by atoms with Crippen LogP contribution < -0.4 is 15.4 Å². The summed E-state index contributed by atoms with van der Waals surface area (Å²) in [7, 11) is 7.21. The number of carbonyl (C=O) groups is 3. The number of nitrogens with zero attached hydrogens (tertiary/aromatic N) is 2. The number of hydrogen-bond acceptors (Lipinski definition) is 7. The first-order valence-corrected chi connectivity index (χ1v) is 11.7. The summed E-state index contributed by atoms with van der Waals surface area (Å²) < 4.78 is 17.0. The Morgan fingerprint density at radius 1 is 1.24 bits per heavy atom. The minimum Gasteiger partial charge on any atom is -0.490 e. The minimum atomic E-state index is -0.330. The molecule has 3 atom stereocenters. The molecule has 2 aliphatic heterocycles. The molecule has 0 saturated carbocycles. The van der Waals surface area contributed by atoms with Crippen LogP contribution in [-0.2, 0) is 19.1 Å². The number of carbonyl (C=O) groups excluding carboxylic acids is 3. The van der Waals surface area contributed by atoms with Crippen molar-refractivity contribution < 1.29 is 28.6 Å². The first-order chi connectivity index (χ1) is 16.3. The Morgan fingerprint density at radius 3 is 2.76 bits per heavy atom. The molecule has 1 aromatic carbocycles. The van der Waals surface area contributed by atoms with Crippen LogP contribution in [-0.4, -0.2) is 100 Å². The quantitative estimate of drug-likeness (QED) is 0.514. The van der Waals surface area contributed by atoms with E-state index in [1.54, 1.807) is 30.1 Å². The van der Waals surface area contributed by atoms with Gasteiger partial charge < -0.3 is 34.6 Å². The Hall–Kier alpha value is -2.69. The molecule has 3 amide bonds. The number of benzene rings is 1. The predicted molar refractivity (Wildman–Crippen MR) is 127 cm³/mol. The second-order valence-corrected chi connectivity index (χ2v) is 9.07. The van der Waals surface area contributed by atoms with Gasteiger partial charge in [0.2, 0.25) is 11.8 Å². The monoisotopic (exact) mass is 476 g/mol. The molecule has 10 heteroatoms. The largest absolute Gasteiger partial charge is 0.490 e. The third-order valence-corrected chi connectivity index (χ3v) is 6.09. The van der Waals surface area contributed by atoms with Crippen molar-refractivity contribution in [2.75, 3.05) is 59.9 Å². The standard InChI is InChI=1S/C24H36N4O6/c1-27(2)11-5-10-25-22(29)13-17-7-8-19-21(34-17)14-33-20-9-6-16(26-23(30)15-32-4)12-18(20)24(31)28(19)3/h6,9,12,17,19,21H,5,7-8,10-11,13-15H2,1-4H3,(H,25,29)(H,26,30)/t17-,19-,21+/m0/s1. The molecule has 2 aliphatic rings. The fourth-order valence-corrected chi connectivity index (χ4v) is 4.34. The van der Waals surface area contributed by atoms with Gasteiger partial charge in [-0.05, 0) is 58.1 Å². The Kier molecular flexibility index (Phi) is 9.26.